The summed E-state index contributed by atoms with van der Waals surface area (Å²) < 4.78 is 41.4. The number of hydrogen-bond donors (Lipinski definition) is 1. The number of nitrogens with zero attached hydrogens (tertiary/aromatic N) is 4. The third-order valence-corrected chi connectivity index (χ3v) is 4.57. The summed E-state index contributed by atoms with van der Waals surface area (Å²) in [6, 6.07) is 13.0. The van der Waals surface area contributed by atoms with Crippen molar-refractivity contribution in [1.82, 2.24) is 19.6 Å². The molecular weight excluding hydrogens is 411 g/mol. The molecule has 31 heavy (non-hydrogen) atoms. The minimum absolute atomic E-state index is 0.138. The number of aryl methyl sites for hydroxylation is 1. The molecule has 1 N–H and O–H groups in total. The third-order valence-electron chi connectivity index (χ3n) is 4.57. The highest BCUT2D eigenvalue weighted by Crippen LogP contribution is 2.31. The molecule has 0 aliphatic heterocycles. The number of benzene rings is 2. The number of aromatic nitrogens is 4. The Labute approximate surface area is 173 Å². The van der Waals surface area contributed by atoms with Crippen LogP contribution in [0.5, 0.6) is 0 Å². The van der Waals surface area contributed by atoms with Crippen LogP contribution in [0.4, 0.5) is 19.0 Å². The van der Waals surface area contributed by atoms with Gasteiger partial charge in [-0.15, -0.1) is 0 Å². The lowest BCUT2D eigenvalue weighted by atomic mass is 10.2. The van der Waals surface area contributed by atoms with Crippen LogP contribution in [-0.4, -0.2) is 25.5 Å². The Kier molecular flexibility index (Phi) is 5.05. The van der Waals surface area contributed by atoms with E-state index in [1.54, 1.807) is 31.2 Å². The first-order valence-electron chi connectivity index (χ1n) is 9.21. The van der Waals surface area contributed by atoms with Gasteiger partial charge < -0.3 is 5.32 Å². The van der Waals surface area contributed by atoms with E-state index in [-0.39, 0.29) is 18.1 Å². The Balaban J connectivity index is 1.61. The lowest BCUT2D eigenvalue weighted by Gasteiger charge is -2.12. The smallest absolute Gasteiger partial charge is 0.309 e. The van der Waals surface area contributed by atoms with Crippen molar-refractivity contribution in [3.05, 3.63) is 82.4 Å². The van der Waals surface area contributed by atoms with Gasteiger partial charge in [-0.05, 0) is 31.2 Å². The van der Waals surface area contributed by atoms with E-state index < -0.39 is 23.2 Å². The van der Waals surface area contributed by atoms with E-state index in [1.807, 2.05) is 0 Å². The summed E-state index contributed by atoms with van der Waals surface area (Å²) in [5.74, 6) is -0.395. The van der Waals surface area contributed by atoms with Crippen molar-refractivity contribution in [3.63, 3.8) is 0 Å². The topological polar surface area (TPSA) is 81.8 Å². The van der Waals surface area contributed by atoms with Gasteiger partial charge in [-0.3, -0.25) is 9.59 Å². The van der Waals surface area contributed by atoms with Crippen molar-refractivity contribution in [1.29, 1.82) is 0 Å². The van der Waals surface area contributed by atoms with Gasteiger partial charge in [0.15, 0.2) is 0 Å². The van der Waals surface area contributed by atoms with Crippen molar-refractivity contribution in [2.75, 3.05) is 5.32 Å². The molecule has 0 spiro atoms. The lowest BCUT2D eigenvalue weighted by molar-refractivity contribution is -0.137. The van der Waals surface area contributed by atoms with Crippen LogP contribution < -0.4 is 10.9 Å². The molecule has 0 aliphatic rings. The average molecular weight is 427 g/mol. The first-order valence-corrected chi connectivity index (χ1v) is 9.21. The molecule has 7 nitrogen and oxygen atoms in total. The van der Waals surface area contributed by atoms with Crippen LogP contribution in [-0.2, 0) is 17.5 Å². The molecule has 0 saturated heterocycles. The van der Waals surface area contributed by atoms with Gasteiger partial charge in [-0.1, -0.05) is 24.3 Å². The Bertz CT molecular complexity index is 1340. The van der Waals surface area contributed by atoms with Gasteiger partial charge in [0.1, 0.15) is 12.4 Å². The Morgan fingerprint density at radius 1 is 1.10 bits per heavy atom. The van der Waals surface area contributed by atoms with Crippen LogP contribution in [0.25, 0.3) is 16.5 Å². The lowest BCUT2D eigenvalue weighted by Crippen LogP contribution is -2.30. The summed E-state index contributed by atoms with van der Waals surface area (Å²) in [4.78, 5) is 25.1. The maximum Gasteiger partial charge on any atom is 0.416 e. The number of nitrogens with one attached hydrogen (secondary N) is 1. The number of alkyl halides is 3. The fourth-order valence-corrected chi connectivity index (χ4v) is 3.16. The summed E-state index contributed by atoms with van der Waals surface area (Å²) >= 11 is 0. The highest BCUT2D eigenvalue weighted by atomic mass is 19.4. The molecule has 1 amide bonds. The maximum absolute atomic E-state index is 13.1. The van der Waals surface area contributed by atoms with E-state index in [2.05, 4.69) is 15.5 Å². The van der Waals surface area contributed by atoms with Crippen molar-refractivity contribution in [3.8, 4) is 5.69 Å². The highest BCUT2D eigenvalue weighted by molar-refractivity contribution is 5.90. The molecule has 10 heteroatoms. The maximum atomic E-state index is 13.1. The highest BCUT2D eigenvalue weighted by Gasteiger charge is 2.30. The summed E-state index contributed by atoms with van der Waals surface area (Å²) in [6.45, 7) is 1.28. The van der Waals surface area contributed by atoms with Crippen molar-refractivity contribution in [2.24, 2.45) is 0 Å². The van der Waals surface area contributed by atoms with Crippen LogP contribution in [0.1, 0.15) is 11.3 Å². The second-order valence-corrected chi connectivity index (χ2v) is 6.87. The minimum Gasteiger partial charge on any atom is -0.309 e. The SMILES string of the molecule is Cc1cc(NC(=O)Cn2ncc3ccccc3c2=O)n(-c2cccc(C(F)(F)F)c2)n1. The zero-order valence-corrected chi connectivity index (χ0v) is 16.2. The average Bonchev–Trinajstić information content (AvgIpc) is 3.09. The summed E-state index contributed by atoms with van der Waals surface area (Å²) in [5, 5.41) is 11.9. The van der Waals surface area contributed by atoms with Crippen LogP contribution in [0.15, 0.2) is 65.6 Å². The van der Waals surface area contributed by atoms with Gasteiger partial charge in [0.2, 0.25) is 5.91 Å². The Hall–Kier alpha value is -3.95. The molecule has 0 radical (unpaired) electrons. The van der Waals surface area contributed by atoms with Crippen LogP contribution in [0, 0.1) is 6.92 Å². The second-order valence-electron chi connectivity index (χ2n) is 6.87. The predicted octanol–water partition coefficient (Wildman–Crippen LogP) is 3.55. The molecule has 0 fully saturated rings. The Morgan fingerprint density at radius 3 is 2.65 bits per heavy atom. The van der Waals surface area contributed by atoms with E-state index in [1.165, 1.54) is 29.1 Å². The molecule has 0 atom stereocenters. The first kappa shape index (κ1) is 20.3. The van der Waals surface area contributed by atoms with Crippen LogP contribution >= 0.6 is 0 Å². The summed E-state index contributed by atoms with van der Waals surface area (Å²) in [6.07, 6.45) is -3.02. The number of rotatable bonds is 4. The van der Waals surface area contributed by atoms with E-state index in [9.17, 15) is 22.8 Å². The number of hydrogen-bond acceptors (Lipinski definition) is 4. The van der Waals surface area contributed by atoms with Crippen LogP contribution in [0.2, 0.25) is 0 Å². The quantitative estimate of drug-likeness (QED) is 0.540. The molecule has 158 valence electrons. The zero-order valence-electron chi connectivity index (χ0n) is 16.2. The van der Waals surface area contributed by atoms with Gasteiger partial charge in [0, 0.05) is 11.5 Å². The second kappa shape index (κ2) is 7.71. The fraction of sp³-hybridized carbons (Fsp3) is 0.143. The van der Waals surface area contributed by atoms with Crippen molar-refractivity contribution >= 4 is 22.5 Å². The normalized spacial score (nSPS) is 11.6. The minimum atomic E-state index is -4.51. The van der Waals surface area contributed by atoms with Crippen molar-refractivity contribution < 1.29 is 18.0 Å². The third kappa shape index (κ3) is 4.18. The molecule has 2 aromatic heterocycles. The molecule has 0 aliphatic carbocycles. The fourth-order valence-electron chi connectivity index (χ4n) is 3.16. The zero-order chi connectivity index (χ0) is 22.2. The molecular formula is C21H16F3N5O2. The largest absolute Gasteiger partial charge is 0.416 e. The van der Waals surface area contributed by atoms with E-state index in [4.69, 9.17) is 0 Å². The van der Waals surface area contributed by atoms with E-state index >= 15 is 0 Å². The molecule has 2 aromatic carbocycles. The molecule has 0 unspecified atom stereocenters. The number of anilines is 1. The summed E-state index contributed by atoms with van der Waals surface area (Å²) in [5.41, 5.74) is -0.619. The van der Waals surface area contributed by atoms with Gasteiger partial charge in [-0.25, -0.2) is 9.36 Å². The Morgan fingerprint density at radius 2 is 1.87 bits per heavy atom. The number of carbonyl (C=O) groups is 1. The van der Waals surface area contributed by atoms with E-state index in [0.29, 0.717) is 16.5 Å². The van der Waals surface area contributed by atoms with Gasteiger partial charge in [-0.2, -0.15) is 23.4 Å². The van der Waals surface area contributed by atoms with Crippen LogP contribution in [0.3, 0.4) is 0 Å². The standard InChI is InChI=1S/C21H16F3N5O2/c1-13-9-18(29(27-13)16-7-4-6-15(10-16)21(22,23)24)26-19(30)12-28-20(31)17-8-3-2-5-14(17)11-25-28/h2-11H,12H2,1H3,(H,26,30). The van der Waals surface area contributed by atoms with Crippen molar-refractivity contribution in [2.45, 2.75) is 19.6 Å². The number of amides is 1. The summed E-state index contributed by atoms with van der Waals surface area (Å²) in [7, 11) is 0. The molecule has 2 heterocycles. The van der Waals surface area contributed by atoms with Gasteiger partial charge in [0.05, 0.1) is 28.5 Å². The number of fused-ring (bicyclic) bond motifs is 1. The van der Waals surface area contributed by atoms with Gasteiger partial charge in [0.25, 0.3) is 5.56 Å². The number of carbonyl (C=O) groups excluding carboxylic acids is 1. The molecule has 0 saturated carbocycles. The predicted molar refractivity (Wildman–Crippen MR) is 108 cm³/mol. The van der Waals surface area contributed by atoms with Gasteiger partial charge >= 0.3 is 6.18 Å². The van der Waals surface area contributed by atoms with E-state index in [0.717, 1.165) is 16.8 Å². The molecule has 4 rings (SSSR count). The molecule has 0 bridgehead atoms. The number of halogens is 3. The first-order chi connectivity index (χ1) is 14.7. The monoisotopic (exact) mass is 427 g/mol. The molecule has 4 aromatic rings.